The lowest BCUT2D eigenvalue weighted by atomic mass is 9.93. The lowest BCUT2D eigenvalue weighted by molar-refractivity contribution is 0.198. The molecule has 0 saturated heterocycles. The second kappa shape index (κ2) is 7.98. The van der Waals surface area contributed by atoms with Crippen LogP contribution in [0.3, 0.4) is 0 Å². The summed E-state index contributed by atoms with van der Waals surface area (Å²) in [4.78, 5) is 16.8. The number of urea groups is 1. The Morgan fingerprint density at radius 2 is 2.15 bits per heavy atom. The van der Waals surface area contributed by atoms with Crippen molar-refractivity contribution in [2.45, 2.75) is 63.6 Å². The SMILES string of the molecule is Cn1ncc2c1CCCC2NC(=O)NCc1cccnc1OC1CCCC1. The van der Waals surface area contributed by atoms with Crippen molar-refractivity contribution in [1.82, 2.24) is 25.4 Å². The van der Waals surface area contributed by atoms with Gasteiger partial charge in [-0.2, -0.15) is 5.10 Å². The summed E-state index contributed by atoms with van der Waals surface area (Å²) in [6.45, 7) is 0.397. The molecule has 2 heterocycles. The number of carbonyl (C=O) groups excluding carboxylic acids is 1. The van der Waals surface area contributed by atoms with E-state index in [2.05, 4.69) is 20.7 Å². The number of pyridine rings is 1. The molecule has 0 aromatic carbocycles. The highest BCUT2D eigenvalue weighted by Crippen LogP contribution is 2.29. The third kappa shape index (κ3) is 4.07. The van der Waals surface area contributed by atoms with Crippen LogP contribution in [-0.2, 0) is 20.0 Å². The van der Waals surface area contributed by atoms with E-state index in [-0.39, 0.29) is 18.2 Å². The monoisotopic (exact) mass is 369 g/mol. The minimum absolute atomic E-state index is 0.0190. The Balaban J connectivity index is 1.35. The van der Waals surface area contributed by atoms with Crippen LogP contribution in [0, 0.1) is 0 Å². The summed E-state index contributed by atoms with van der Waals surface area (Å²) < 4.78 is 7.95. The predicted molar refractivity (Wildman–Crippen MR) is 101 cm³/mol. The zero-order valence-corrected chi connectivity index (χ0v) is 15.8. The number of ether oxygens (including phenoxy) is 1. The summed E-state index contributed by atoms with van der Waals surface area (Å²) in [5, 5.41) is 10.4. The molecule has 2 N–H and O–H groups in total. The summed E-state index contributed by atoms with van der Waals surface area (Å²) >= 11 is 0. The molecule has 0 spiro atoms. The Labute approximate surface area is 159 Å². The summed E-state index contributed by atoms with van der Waals surface area (Å²) in [5.74, 6) is 0.636. The molecular weight excluding hydrogens is 342 g/mol. The number of aryl methyl sites for hydroxylation is 1. The van der Waals surface area contributed by atoms with Crippen molar-refractivity contribution in [2.75, 3.05) is 0 Å². The third-order valence-corrected chi connectivity index (χ3v) is 5.55. The van der Waals surface area contributed by atoms with E-state index in [1.807, 2.05) is 30.1 Å². The van der Waals surface area contributed by atoms with Gasteiger partial charge in [0.15, 0.2) is 0 Å². The lowest BCUT2D eigenvalue weighted by Gasteiger charge is -2.24. The van der Waals surface area contributed by atoms with Gasteiger partial charge in [-0.25, -0.2) is 9.78 Å². The Kier molecular flexibility index (Phi) is 5.27. The van der Waals surface area contributed by atoms with Crippen LogP contribution >= 0.6 is 0 Å². The molecule has 1 fully saturated rings. The molecule has 1 unspecified atom stereocenters. The molecule has 2 aliphatic carbocycles. The molecule has 1 atom stereocenters. The number of hydrogen-bond acceptors (Lipinski definition) is 4. The second-order valence-corrected chi connectivity index (χ2v) is 7.43. The van der Waals surface area contributed by atoms with Gasteiger partial charge in [0.25, 0.3) is 0 Å². The van der Waals surface area contributed by atoms with E-state index in [1.165, 1.54) is 18.5 Å². The van der Waals surface area contributed by atoms with Gasteiger partial charge in [0, 0.05) is 36.6 Å². The van der Waals surface area contributed by atoms with E-state index in [0.717, 1.165) is 43.2 Å². The van der Waals surface area contributed by atoms with Crippen LogP contribution in [0.1, 0.15) is 61.4 Å². The minimum atomic E-state index is -0.174. The maximum Gasteiger partial charge on any atom is 0.315 e. The predicted octanol–water partition coefficient (Wildman–Crippen LogP) is 3.01. The van der Waals surface area contributed by atoms with Crippen LogP contribution in [0.5, 0.6) is 5.88 Å². The van der Waals surface area contributed by atoms with Crippen LogP contribution in [-0.4, -0.2) is 26.9 Å². The average Bonchev–Trinajstić information content (AvgIpc) is 3.32. The van der Waals surface area contributed by atoms with E-state index in [1.54, 1.807) is 6.20 Å². The Bertz CT molecular complexity index is 797. The van der Waals surface area contributed by atoms with Crippen molar-refractivity contribution in [2.24, 2.45) is 7.05 Å². The standard InChI is InChI=1S/C20H27N5O2/c1-25-18-10-4-9-17(16(18)13-23-25)24-20(26)22-12-14-6-5-11-21-19(14)27-15-7-2-3-8-15/h5-6,11,13,15,17H,2-4,7-10,12H2,1H3,(H2,22,24,26). The largest absolute Gasteiger partial charge is 0.474 e. The first-order valence-electron chi connectivity index (χ1n) is 9.86. The number of fused-ring (bicyclic) bond motifs is 1. The molecule has 2 amide bonds. The number of nitrogens with one attached hydrogen (secondary N) is 2. The summed E-state index contributed by atoms with van der Waals surface area (Å²) in [5.41, 5.74) is 3.25. The second-order valence-electron chi connectivity index (χ2n) is 7.43. The van der Waals surface area contributed by atoms with Crippen molar-refractivity contribution in [3.8, 4) is 5.88 Å². The van der Waals surface area contributed by atoms with Gasteiger partial charge in [0.1, 0.15) is 6.10 Å². The van der Waals surface area contributed by atoms with Gasteiger partial charge in [-0.05, 0) is 51.0 Å². The molecular formula is C20H27N5O2. The number of rotatable bonds is 5. The maximum atomic E-state index is 12.4. The zero-order chi connectivity index (χ0) is 18.6. The van der Waals surface area contributed by atoms with Gasteiger partial charge in [-0.1, -0.05) is 6.07 Å². The molecule has 4 rings (SSSR count). The first-order chi connectivity index (χ1) is 13.2. The van der Waals surface area contributed by atoms with Crippen LogP contribution in [0.4, 0.5) is 4.79 Å². The van der Waals surface area contributed by atoms with E-state index in [9.17, 15) is 4.79 Å². The number of nitrogens with zero attached hydrogens (tertiary/aromatic N) is 3. The molecule has 0 aliphatic heterocycles. The van der Waals surface area contributed by atoms with E-state index < -0.39 is 0 Å². The van der Waals surface area contributed by atoms with Crippen LogP contribution in [0.25, 0.3) is 0 Å². The van der Waals surface area contributed by atoms with E-state index in [4.69, 9.17) is 4.74 Å². The van der Waals surface area contributed by atoms with Gasteiger partial charge < -0.3 is 15.4 Å². The molecule has 2 aliphatic rings. The maximum absolute atomic E-state index is 12.4. The van der Waals surface area contributed by atoms with Crippen molar-refractivity contribution in [1.29, 1.82) is 0 Å². The van der Waals surface area contributed by atoms with Crippen molar-refractivity contribution >= 4 is 6.03 Å². The minimum Gasteiger partial charge on any atom is -0.474 e. The first-order valence-corrected chi connectivity index (χ1v) is 9.86. The molecule has 1 saturated carbocycles. The third-order valence-electron chi connectivity index (χ3n) is 5.55. The normalized spacial score (nSPS) is 19.5. The lowest BCUT2D eigenvalue weighted by Crippen LogP contribution is -2.38. The summed E-state index contributed by atoms with van der Waals surface area (Å²) in [6, 6.07) is 3.68. The van der Waals surface area contributed by atoms with Crippen LogP contribution < -0.4 is 15.4 Å². The zero-order valence-electron chi connectivity index (χ0n) is 15.8. The molecule has 0 radical (unpaired) electrons. The topological polar surface area (TPSA) is 81.1 Å². The molecule has 2 aromatic heterocycles. The van der Waals surface area contributed by atoms with Gasteiger partial charge in [-0.3, -0.25) is 4.68 Å². The summed E-state index contributed by atoms with van der Waals surface area (Å²) in [7, 11) is 1.95. The van der Waals surface area contributed by atoms with Gasteiger partial charge in [-0.15, -0.1) is 0 Å². The number of hydrogen-bond donors (Lipinski definition) is 2. The van der Waals surface area contributed by atoms with E-state index in [0.29, 0.717) is 12.4 Å². The average molecular weight is 369 g/mol. The van der Waals surface area contributed by atoms with Gasteiger partial charge in [0.2, 0.25) is 5.88 Å². The number of amides is 2. The molecule has 0 bridgehead atoms. The highest BCUT2D eigenvalue weighted by molar-refractivity contribution is 5.74. The molecule has 7 heteroatoms. The smallest absolute Gasteiger partial charge is 0.315 e. The van der Waals surface area contributed by atoms with Gasteiger partial charge in [0.05, 0.1) is 12.2 Å². The van der Waals surface area contributed by atoms with E-state index >= 15 is 0 Å². The number of carbonyl (C=O) groups is 1. The van der Waals surface area contributed by atoms with Crippen molar-refractivity contribution in [3.05, 3.63) is 41.3 Å². The Morgan fingerprint density at radius 3 is 3.00 bits per heavy atom. The molecule has 27 heavy (non-hydrogen) atoms. The van der Waals surface area contributed by atoms with Crippen LogP contribution in [0.2, 0.25) is 0 Å². The first kappa shape index (κ1) is 17.8. The molecule has 144 valence electrons. The van der Waals surface area contributed by atoms with Gasteiger partial charge >= 0.3 is 6.03 Å². The number of aromatic nitrogens is 3. The summed E-state index contributed by atoms with van der Waals surface area (Å²) in [6.07, 6.45) is 11.5. The highest BCUT2D eigenvalue weighted by atomic mass is 16.5. The molecule has 2 aromatic rings. The fourth-order valence-electron chi connectivity index (χ4n) is 4.07. The van der Waals surface area contributed by atoms with Crippen molar-refractivity contribution in [3.63, 3.8) is 0 Å². The highest BCUT2D eigenvalue weighted by Gasteiger charge is 2.25. The van der Waals surface area contributed by atoms with Crippen LogP contribution in [0.15, 0.2) is 24.5 Å². The van der Waals surface area contributed by atoms with Crippen molar-refractivity contribution < 1.29 is 9.53 Å². The Hall–Kier alpha value is -2.57. The quantitative estimate of drug-likeness (QED) is 0.849. The fraction of sp³-hybridized carbons (Fsp3) is 0.550. The fourth-order valence-corrected chi connectivity index (χ4v) is 4.07. The molecule has 7 nitrogen and oxygen atoms in total. The Morgan fingerprint density at radius 1 is 1.30 bits per heavy atom.